The second-order valence-corrected chi connectivity index (χ2v) is 5.83. The molecule has 0 fully saturated rings. The third kappa shape index (κ3) is 2.31. The van der Waals surface area contributed by atoms with E-state index in [1.165, 1.54) is 12.0 Å². The zero-order valence-electron chi connectivity index (χ0n) is 9.55. The van der Waals surface area contributed by atoms with Crippen molar-refractivity contribution in [2.24, 2.45) is 11.3 Å². The molecule has 1 atom stereocenters. The van der Waals surface area contributed by atoms with E-state index in [2.05, 4.69) is 31.0 Å². The molecule has 1 aliphatic rings. The zero-order chi connectivity index (χ0) is 11.1. The lowest BCUT2D eigenvalue weighted by Crippen LogP contribution is -2.27. The molecule has 82 valence electrons. The van der Waals surface area contributed by atoms with Crippen LogP contribution >= 0.6 is 11.6 Å². The van der Waals surface area contributed by atoms with E-state index in [9.17, 15) is 0 Å². The van der Waals surface area contributed by atoms with Gasteiger partial charge in [0.1, 0.15) is 0 Å². The summed E-state index contributed by atoms with van der Waals surface area (Å²) >= 11 is 5.87. The van der Waals surface area contributed by atoms with E-state index in [1.807, 2.05) is 6.07 Å². The number of nitrogens with zero attached hydrogens (tertiary/aromatic N) is 2. The van der Waals surface area contributed by atoms with Gasteiger partial charge >= 0.3 is 0 Å². The first-order valence-corrected chi connectivity index (χ1v) is 5.85. The Bertz CT molecular complexity index is 368. The Kier molecular flexibility index (Phi) is 2.72. The Morgan fingerprint density at radius 3 is 2.73 bits per heavy atom. The lowest BCUT2D eigenvalue weighted by atomic mass is 9.72. The molecule has 0 spiro atoms. The van der Waals surface area contributed by atoms with Gasteiger partial charge in [-0.05, 0) is 42.2 Å². The van der Waals surface area contributed by atoms with Crippen LogP contribution < -0.4 is 0 Å². The van der Waals surface area contributed by atoms with Crippen molar-refractivity contribution in [1.29, 1.82) is 0 Å². The van der Waals surface area contributed by atoms with Crippen molar-refractivity contribution in [2.45, 2.75) is 40.0 Å². The van der Waals surface area contributed by atoms with E-state index in [0.717, 1.165) is 24.5 Å². The summed E-state index contributed by atoms with van der Waals surface area (Å²) in [7, 11) is 0. The standard InChI is InChI=1S/C12H17ClN2/c1-12(2,3)9-4-5-10-8(6-9)7-11(13)15-14-10/h7,9H,4-6H2,1-3H3/t9-/m1/s1. The van der Waals surface area contributed by atoms with Crippen molar-refractivity contribution in [2.75, 3.05) is 0 Å². The number of rotatable bonds is 0. The van der Waals surface area contributed by atoms with Gasteiger partial charge in [-0.1, -0.05) is 32.4 Å². The summed E-state index contributed by atoms with van der Waals surface area (Å²) in [5.74, 6) is 0.727. The molecule has 1 aliphatic carbocycles. The Hall–Kier alpha value is -0.630. The van der Waals surface area contributed by atoms with Crippen molar-refractivity contribution >= 4 is 11.6 Å². The molecule has 0 aromatic carbocycles. The Labute approximate surface area is 96.1 Å². The summed E-state index contributed by atoms with van der Waals surface area (Å²) in [6, 6.07) is 1.97. The largest absolute Gasteiger partial charge is 0.154 e. The molecule has 0 unspecified atom stereocenters. The quantitative estimate of drug-likeness (QED) is 0.676. The molecule has 0 aliphatic heterocycles. The van der Waals surface area contributed by atoms with Gasteiger partial charge in [0.25, 0.3) is 0 Å². The topological polar surface area (TPSA) is 25.8 Å². The molecule has 0 saturated heterocycles. The minimum atomic E-state index is 0.368. The molecule has 0 bridgehead atoms. The fraction of sp³-hybridized carbons (Fsp3) is 0.667. The van der Waals surface area contributed by atoms with Crippen molar-refractivity contribution in [3.8, 4) is 0 Å². The minimum Gasteiger partial charge on any atom is -0.154 e. The zero-order valence-corrected chi connectivity index (χ0v) is 10.3. The van der Waals surface area contributed by atoms with Gasteiger partial charge in [0.2, 0.25) is 0 Å². The summed E-state index contributed by atoms with van der Waals surface area (Å²) in [6.45, 7) is 6.91. The molecule has 0 saturated carbocycles. The van der Waals surface area contributed by atoms with Gasteiger partial charge in [-0.3, -0.25) is 0 Å². The maximum Gasteiger partial charge on any atom is 0.152 e. The monoisotopic (exact) mass is 224 g/mol. The smallest absolute Gasteiger partial charge is 0.152 e. The van der Waals surface area contributed by atoms with Crippen LogP contribution in [0.5, 0.6) is 0 Å². The fourth-order valence-corrected chi connectivity index (χ4v) is 2.40. The second kappa shape index (κ2) is 3.75. The number of hydrogen-bond donors (Lipinski definition) is 0. The SMILES string of the molecule is CC(C)(C)[C@@H]1CCc2nnc(Cl)cc2C1. The van der Waals surface area contributed by atoms with Crippen LogP contribution in [0.4, 0.5) is 0 Å². The number of hydrogen-bond acceptors (Lipinski definition) is 2. The van der Waals surface area contributed by atoms with Crippen molar-refractivity contribution < 1.29 is 0 Å². The normalized spacial score (nSPS) is 21.2. The molecule has 1 heterocycles. The van der Waals surface area contributed by atoms with Crippen LogP contribution in [0.2, 0.25) is 5.15 Å². The van der Waals surface area contributed by atoms with Gasteiger partial charge in [0.15, 0.2) is 5.15 Å². The molecule has 1 aromatic rings. The number of halogens is 1. The highest BCUT2D eigenvalue weighted by Gasteiger charge is 2.29. The average Bonchev–Trinajstić information content (AvgIpc) is 2.15. The molecule has 15 heavy (non-hydrogen) atoms. The van der Waals surface area contributed by atoms with E-state index in [-0.39, 0.29) is 0 Å². The van der Waals surface area contributed by atoms with Gasteiger partial charge < -0.3 is 0 Å². The van der Waals surface area contributed by atoms with Crippen molar-refractivity contribution in [3.63, 3.8) is 0 Å². The van der Waals surface area contributed by atoms with E-state index in [4.69, 9.17) is 11.6 Å². The fourth-order valence-electron chi connectivity index (χ4n) is 2.23. The average molecular weight is 225 g/mol. The van der Waals surface area contributed by atoms with E-state index >= 15 is 0 Å². The van der Waals surface area contributed by atoms with Gasteiger partial charge in [0.05, 0.1) is 5.69 Å². The summed E-state index contributed by atoms with van der Waals surface area (Å²) < 4.78 is 0. The van der Waals surface area contributed by atoms with Crippen LogP contribution in [0, 0.1) is 11.3 Å². The van der Waals surface area contributed by atoms with Gasteiger partial charge in [-0.15, -0.1) is 5.10 Å². The highest BCUT2D eigenvalue weighted by Crippen LogP contribution is 2.36. The molecule has 2 nitrogen and oxygen atoms in total. The maximum atomic E-state index is 5.87. The number of fused-ring (bicyclic) bond motifs is 1. The highest BCUT2D eigenvalue weighted by molar-refractivity contribution is 6.29. The second-order valence-electron chi connectivity index (χ2n) is 5.44. The first-order valence-electron chi connectivity index (χ1n) is 5.48. The Balaban J connectivity index is 2.26. The van der Waals surface area contributed by atoms with Crippen LogP contribution in [-0.2, 0) is 12.8 Å². The predicted molar refractivity (Wildman–Crippen MR) is 62.0 cm³/mol. The van der Waals surface area contributed by atoms with E-state index in [0.29, 0.717) is 10.6 Å². The summed E-state index contributed by atoms with van der Waals surface area (Å²) in [6.07, 6.45) is 3.35. The van der Waals surface area contributed by atoms with Crippen LogP contribution in [0.1, 0.15) is 38.4 Å². The van der Waals surface area contributed by atoms with Gasteiger partial charge in [0, 0.05) is 0 Å². The summed E-state index contributed by atoms with van der Waals surface area (Å²) in [5, 5.41) is 8.57. The van der Waals surface area contributed by atoms with Crippen LogP contribution in [0.3, 0.4) is 0 Å². The van der Waals surface area contributed by atoms with Crippen LogP contribution in [0.15, 0.2) is 6.07 Å². The van der Waals surface area contributed by atoms with Crippen molar-refractivity contribution in [1.82, 2.24) is 10.2 Å². The van der Waals surface area contributed by atoms with Crippen molar-refractivity contribution in [3.05, 3.63) is 22.5 Å². The van der Waals surface area contributed by atoms with Crippen LogP contribution in [-0.4, -0.2) is 10.2 Å². The number of aryl methyl sites for hydroxylation is 1. The molecular weight excluding hydrogens is 208 g/mol. The highest BCUT2D eigenvalue weighted by atomic mass is 35.5. The maximum absolute atomic E-state index is 5.87. The lowest BCUT2D eigenvalue weighted by Gasteiger charge is -2.34. The third-order valence-corrected chi connectivity index (χ3v) is 3.54. The number of aromatic nitrogens is 2. The summed E-state index contributed by atoms with van der Waals surface area (Å²) in [5.41, 5.74) is 2.80. The summed E-state index contributed by atoms with van der Waals surface area (Å²) in [4.78, 5) is 0. The molecule has 0 radical (unpaired) electrons. The first kappa shape index (κ1) is 10.9. The van der Waals surface area contributed by atoms with Gasteiger partial charge in [-0.25, -0.2) is 0 Å². The lowest BCUT2D eigenvalue weighted by molar-refractivity contribution is 0.214. The van der Waals surface area contributed by atoms with E-state index in [1.54, 1.807) is 0 Å². The molecule has 0 amide bonds. The van der Waals surface area contributed by atoms with E-state index < -0.39 is 0 Å². The molecule has 2 rings (SSSR count). The van der Waals surface area contributed by atoms with Crippen LogP contribution in [0.25, 0.3) is 0 Å². The predicted octanol–water partition coefficient (Wildman–Crippen LogP) is 3.28. The Morgan fingerprint density at radius 2 is 2.07 bits per heavy atom. The molecule has 3 heteroatoms. The molecular formula is C12H17ClN2. The van der Waals surface area contributed by atoms with Gasteiger partial charge in [-0.2, -0.15) is 5.10 Å². The molecule has 0 N–H and O–H groups in total. The first-order chi connectivity index (χ1) is 6.97. The Morgan fingerprint density at radius 1 is 1.33 bits per heavy atom. The third-order valence-electron chi connectivity index (χ3n) is 3.35. The molecule has 1 aromatic heterocycles. The minimum absolute atomic E-state index is 0.368.